The fraction of sp³-hybridized carbons (Fsp3) is 0. The number of nitrogens with one attached hydrogen (secondary N) is 1. The lowest BCUT2D eigenvalue weighted by molar-refractivity contribution is 0.197. The summed E-state index contributed by atoms with van der Waals surface area (Å²) in [5.41, 5.74) is 3.41. The zero-order chi connectivity index (χ0) is 6.81. The highest BCUT2D eigenvalue weighted by Crippen LogP contribution is 2.16. The summed E-state index contributed by atoms with van der Waals surface area (Å²) in [6.07, 6.45) is 1.72. The van der Waals surface area contributed by atoms with Gasteiger partial charge < -0.3 is 4.84 Å². The smallest absolute Gasteiger partial charge is 0.165 e. The van der Waals surface area contributed by atoms with Crippen molar-refractivity contribution in [1.82, 2.24) is 5.59 Å². The fourth-order valence-corrected chi connectivity index (χ4v) is 0.852. The molecule has 0 radical (unpaired) electrons. The number of benzene rings is 1. The van der Waals surface area contributed by atoms with E-state index in [1.807, 2.05) is 24.3 Å². The summed E-state index contributed by atoms with van der Waals surface area (Å²) < 4.78 is 0. The van der Waals surface area contributed by atoms with Gasteiger partial charge in [-0.25, -0.2) is 0 Å². The summed E-state index contributed by atoms with van der Waals surface area (Å²) in [6, 6.07) is 7.69. The molecule has 1 N–H and O–H groups in total. The molecular weight excluding hydrogens is 128 g/mol. The van der Waals surface area contributed by atoms with Gasteiger partial charge in [0.05, 0.1) is 6.21 Å². The van der Waals surface area contributed by atoms with Gasteiger partial charge in [-0.15, -0.1) is 5.59 Å². The largest absolute Gasteiger partial charge is 0.365 e. The molecule has 0 amide bonds. The fourth-order valence-electron chi connectivity index (χ4n) is 0.852. The van der Waals surface area contributed by atoms with E-state index in [9.17, 15) is 0 Å². The highest BCUT2D eigenvalue weighted by atomic mass is 16.7. The molecule has 0 fully saturated rings. The van der Waals surface area contributed by atoms with E-state index in [4.69, 9.17) is 4.84 Å². The van der Waals surface area contributed by atoms with Gasteiger partial charge in [-0.05, 0) is 12.1 Å². The van der Waals surface area contributed by atoms with Crippen LogP contribution in [0.4, 0.5) is 0 Å². The Labute approximate surface area is 58.3 Å². The lowest BCUT2D eigenvalue weighted by Crippen LogP contribution is -2.16. The normalized spacial score (nSPS) is 13.2. The van der Waals surface area contributed by atoms with E-state index in [2.05, 4.69) is 10.7 Å². The molecule has 0 spiro atoms. The van der Waals surface area contributed by atoms with Gasteiger partial charge in [-0.1, -0.05) is 12.1 Å². The first kappa shape index (κ1) is 5.29. The standard InChI is InChI=1S/C7H6N2O/c1-2-4-7-6(3-1)5-8-9-10-7/h1-5,9H. The molecule has 2 rings (SSSR count). The lowest BCUT2D eigenvalue weighted by Gasteiger charge is -2.09. The third-order valence-corrected chi connectivity index (χ3v) is 1.33. The maximum Gasteiger partial charge on any atom is 0.165 e. The maximum atomic E-state index is 4.98. The van der Waals surface area contributed by atoms with E-state index in [0.717, 1.165) is 11.3 Å². The van der Waals surface area contributed by atoms with Crippen LogP contribution in [0.5, 0.6) is 5.75 Å². The molecule has 0 atom stereocenters. The maximum absolute atomic E-state index is 4.98. The van der Waals surface area contributed by atoms with Crippen molar-refractivity contribution in [2.45, 2.75) is 0 Å². The highest BCUT2D eigenvalue weighted by molar-refractivity contribution is 5.83. The molecular formula is C7H6N2O. The third kappa shape index (κ3) is 0.719. The molecule has 3 nitrogen and oxygen atoms in total. The number of rotatable bonds is 0. The molecule has 0 saturated heterocycles. The minimum atomic E-state index is 0.817. The molecule has 3 heteroatoms. The van der Waals surface area contributed by atoms with Crippen molar-refractivity contribution in [3.05, 3.63) is 29.8 Å². The van der Waals surface area contributed by atoms with Gasteiger partial charge in [0.15, 0.2) is 5.75 Å². The molecule has 1 aliphatic rings. The number of hydrazone groups is 1. The van der Waals surface area contributed by atoms with Crippen molar-refractivity contribution in [2.75, 3.05) is 0 Å². The van der Waals surface area contributed by atoms with Gasteiger partial charge in [0, 0.05) is 5.56 Å². The van der Waals surface area contributed by atoms with Crippen molar-refractivity contribution in [3.8, 4) is 5.75 Å². The average molecular weight is 134 g/mol. The van der Waals surface area contributed by atoms with Gasteiger partial charge in [0.2, 0.25) is 0 Å². The summed E-state index contributed by atoms with van der Waals surface area (Å²) in [7, 11) is 0. The molecule has 50 valence electrons. The zero-order valence-corrected chi connectivity index (χ0v) is 5.24. The monoisotopic (exact) mass is 134 g/mol. The van der Waals surface area contributed by atoms with Crippen LogP contribution in [0.25, 0.3) is 0 Å². The summed E-state index contributed by atoms with van der Waals surface area (Å²) in [6.45, 7) is 0. The van der Waals surface area contributed by atoms with Crippen LogP contribution in [-0.4, -0.2) is 6.21 Å². The van der Waals surface area contributed by atoms with Crippen LogP contribution < -0.4 is 10.4 Å². The topological polar surface area (TPSA) is 33.6 Å². The predicted octanol–water partition coefficient (Wildman–Crippen LogP) is 0.917. The second-order valence-electron chi connectivity index (χ2n) is 1.99. The SMILES string of the molecule is C1=NNOc2ccccc21. The summed E-state index contributed by atoms with van der Waals surface area (Å²) >= 11 is 0. The third-order valence-electron chi connectivity index (χ3n) is 1.33. The van der Waals surface area contributed by atoms with Crippen LogP contribution in [0, 0.1) is 0 Å². The van der Waals surface area contributed by atoms with Gasteiger partial charge in [-0.2, -0.15) is 5.10 Å². The predicted molar refractivity (Wildman–Crippen MR) is 37.8 cm³/mol. The van der Waals surface area contributed by atoms with E-state index in [1.54, 1.807) is 6.21 Å². The number of hydrogen-bond donors (Lipinski definition) is 1. The summed E-state index contributed by atoms with van der Waals surface area (Å²) in [5, 5.41) is 3.72. The van der Waals surface area contributed by atoms with Crippen LogP contribution in [-0.2, 0) is 0 Å². The minimum absolute atomic E-state index is 0.817. The van der Waals surface area contributed by atoms with Crippen LogP contribution in [0.15, 0.2) is 29.4 Å². The Morgan fingerprint density at radius 2 is 2.20 bits per heavy atom. The van der Waals surface area contributed by atoms with Gasteiger partial charge >= 0.3 is 0 Å². The quantitative estimate of drug-likeness (QED) is 0.572. The van der Waals surface area contributed by atoms with E-state index in [-0.39, 0.29) is 0 Å². The van der Waals surface area contributed by atoms with E-state index < -0.39 is 0 Å². The number of para-hydroxylation sites is 1. The highest BCUT2D eigenvalue weighted by Gasteiger charge is 2.02. The molecule has 10 heavy (non-hydrogen) atoms. The Bertz CT molecular complexity index is 270. The number of nitrogens with zero attached hydrogens (tertiary/aromatic N) is 1. The summed E-state index contributed by atoms with van der Waals surface area (Å²) in [5.74, 6) is 0.817. The molecule has 0 unspecified atom stereocenters. The van der Waals surface area contributed by atoms with Crippen molar-refractivity contribution in [2.24, 2.45) is 5.10 Å². The number of fused-ring (bicyclic) bond motifs is 1. The Balaban J connectivity index is 2.54. The van der Waals surface area contributed by atoms with Crippen molar-refractivity contribution in [3.63, 3.8) is 0 Å². The Morgan fingerprint density at radius 1 is 1.30 bits per heavy atom. The molecule has 0 saturated carbocycles. The first-order valence-corrected chi connectivity index (χ1v) is 3.01. The Morgan fingerprint density at radius 3 is 3.10 bits per heavy atom. The molecule has 1 heterocycles. The molecule has 0 aromatic heterocycles. The molecule has 1 aromatic rings. The van der Waals surface area contributed by atoms with E-state index >= 15 is 0 Å². The lowest BCUT2D eigenvalue weighted by atomic mass is 10.2. The van der Waals surface area contributed by atoms with Crippen molar-refractivity contribution >= 4 is 6.21 Å². The molecule has 0 aliphatic carbocycles. The molecule has 1 aromatic carbocycles. The zero-order valence-electron chi connectivity index (χ0n) is 5.24. The van der Waals surface area contributed by atoms with Crippen molar-refractivity contribution in [1.29, 1.82) is 0 Å². The summed E-state index contributed by atoms with van der Waals surface area (Å²) in [4.78, 5) is 4.98. The Kier molecular flexibility index (Phi) is 1.07. The first-order chi connectivity index (χ1) is 4.97. The first-order valence-electron chi connectivity index (χ1n) is 3.01. The van der Waals surface area contributed by atoms with Gasteiger partial charge in [-0.3, -0.25) is 0 Å². The van der Waals surface area contributed by atoms with Crippen LogP contribution in [0.1, 0.15) is 5.56 Å². The second kappa shape index (κ2) is 2.02. The molecule has 1 aliphatic heterocycles. The van der Waals surface area contributed by atoms with E-state index in [1.165, 1.54) is 0 Å². The second-order valence-corrected chi connectivity index (χ2v) is 1.99. The number of hydrogen-bond acceptors (Lipinski definition) is 3. The molecule has 0 bridgehead atoms. The minimum Gasteiger partial charge on any atom is -0.365 e. The van der Waals surface area contributed by atoms with Crippen molar-refractivity contribution < 1.29 is 4.84 Å². The van der Waals surface area contributed by atoms with E-state index in [0.29, 0.717) is 0 Å². The Hall–Kier alpha value is -1.51. The average Bonchev–Trinajstić information content (AvgIpc) is 2.05. The van der Waals surface area contributed by atoms with Crippen LogP contribution >= 0.6 is 0 Å². The van der Waals surface area contributed by atoms with Gasteiger partial charge in [0.1, 0.15) is 0 Å². The van der Waals surface area contributed by atoms with Gasteiger partial charge in [0.25, 0.3) is 0 Å². The van der Waals surface area contributed by atoms with Crippen LogP contribution in [0.2, 0.25) is 0 Å². The van der Waals surface area contributed by atoms with Crippen LogP contribution in [0.3, 0.4) is 0 Å².